The van der Waals surface area contributed by atoms with Gasteiger partial charge >= 0.3 is 8.80 Å². The molecule has 0 aromatic carbocycles. The molecule has 1 saturated heterocycles. The standard InChI is InChI=1S/C10H18O3Si/c1-3-6-10(7-4-2)8-5-9-14(11,12)13-10/h3-4,11-12H,1-2,5-9H2. The molecule has 3 nitrogen and oxygen atoms in total. The van der Waals surface area contributed by atoms with E-state index in [0.717, 1.165) is 12.8 Å². The molecular weight excluding hydrogens is 196 g/mol. The zero-order valence-electron chi connectivity index (χ0n) is 8.41. The predicted molar refractivity (Wildman–Crippen MR) is 57.7 cm³/mol. The van der Waals surface area contributed by atoms with E-state index in [4.69, 9.17) is 4.43 Å². The lowest BCUT2D eigenvalue weighted by Crippen LogP contribution is -2.52. The van der Waals surface area contributed by atoms with Gasteiger partial charge in [-0.3, -0.25) is 0 Å². The lowest BCUT2D eigenvalue weighted by atomic mass is 9.90. The second-order valence-electron chi connectivity index (χ2n) is 3.87. The monoisotopic (exact) mass is 214 g/mol. The summed E-state index contributed by atoms with van der Waals surface area (Å²) in [6, 6.07) is 0.406. The summed E-state index contributed by atoms with van der Waals surface area (Å²) in [6.07, 6.45) is 6.48. The van der Waals surface area contributed by atoms with Crippen LogP contribution < -0.4 is 0 Å². The molecule has 4 heteroatoms. The first kappa shape index (κ1) is 11.7. The second kappa shape index (κ2) is 4.40. The molecule has 2 N–H and O–H groups in total. The third-order valence-corrected chi connectivity index (χ3v) is 4.31. The van der Waals surface area contributed by atoms with Gasteiger partial charge in [0.1, 0.15) is 0 Å². The van der Waals surface area contributed by atoms with Crippen LogP contribution in [0.4, 0.5) is 0 Å². The molecule has 0 radical (unpaired) electrons. The number of rotatable bonds is 4. The van der Waals surface area contributed by atoms with Gasteiger partial charge in [-0.1, -0.05) is 12.2 Å². The highest BCUT2D eigenvalue weighted by Gasteiger charge is 2.46. The van der Waals surface area contributed by atoms with Crippen molar-refractivity contribution in [2.45, 2.75) is 37.3 Å². The summed E-state index contributed by atoms with van der Waals surface area (Å²) in [5, 5.41) is 0. The molecular formula is C10H18O3Si. The Bertz CT molecular complexity index is 215. The van der Waals surface area contributed by atoms with Gasteiger partial charge in [-0.25, -0.2) is 0 Å². The van der Waals surface area contributed by atoms with E-state index in [1.807, 2.05) is 0 Å². The Morgan fingerprint density at radius 3 is 2.29 bits per heavy atom. The van der Waals surface area contributed by atoms with E-state index in [2.05, 4.69) is 13.2 Å². The highest BCUT2D eigenvalue weighted by atomic mass is 28.4. The van der Waals surface area contributed by atoms with Crippen LogP contribution in [0.2, 0.25) is 6.04 Å². The molecule has 0 saturated carbocycles. The molecule has 80 valence electrons. The van der Waals surface area contributed by atoms with Crippen LogP contribution in [0.15, 0.2) is 25.3 Å². The van der Waals surface area contributed by atoms with Crippen LogP contribution in [-0.4, -0.2) is 24.0 Å². The quantitative estimate of drug-likeness (QED) is 0.552. The molecule has 1 fully saturated rings. The molecule has 1 aliphatic heterocycles. The highest BCUT2D eigenvalue weighted by Crippen LogP contribution is 2.36. The van der Waals surface area contributed by atoms with Crippen LogP contribution in [-0.2, 0) is 4.43 Å². The fourth-order valence-electron chi connectivity index (χ4n) is 1.99. The van der Waals surface area contributed by atoms with Gasteiger partial charge in [-0.2, -0.15) is 0 Å². The van der Waals surface area contributed by atoms with Crippen molar-refractivity contribution < 1.29 is 14.0 Å². The summed E-state index contributed by atoms with van der Waals surface area (Å²) in [5.74, 6) is 0. The molecule has 0 aromatic heterocycles. The molecule has 1 aliphatic rings. The maximum Gasteiger partial charge on any atom is 0.495 e. The molecule has 0 aromatic rings. The molecule has 0 bridgehead atoms. The van der Waals surface area contributed by atoms with Gasteiger partial charge in [-0.15, -0.1) is 13.2 Å². The predicted octanol–water partition coefficient (Wildman–Crippen LogP) is 1.61. The lowest BCUT2D eigenvalue weighted by Gasteiger charge is -2.40. The van der Waals surface area contributed by atoms with Crippen molar-refractivity contribution in [3.8, 4) is 0 Å². The minimum absolute atomic E-state index is 0.406. The second-order valence-corrected chi connectivity index (χ2v) is 6.06. The average Bonchev–Trinajstić information content (AvgIpc) is 2.02. The van der Waals surface area contributed by atoms with Crippen LogP contribution in [0.1, 0.15) is 25.7 Å². The van der Waals surface area contributed by atoms with E-state index >= 15 is 0 Å². The first-order valence-electron chi connectivity index (χ1n) is 4.90. The van der Waals surface area contributed by atoms with Gasteiger partial charge in [0.15, 0.2) is 0 Å². The summed E-state index contributed by atoms with van der Waals surface area (Å²) < 4.78 is 5.45. The minimum atomic E-state index is -3.40. The van der Waals surface area contributed by atoms with Crippen LogP contribution in [0.3, 0.4) is 0 Å². The highest BCUT2D eigenvalue weighted by molar-refractivity contribution is 6.58. The van der Waals surface area contributed by atoms with Crippen LogP contribution in [0, 0.1) is 0 Å². The summed E-state index contributed by atoms with van der Waals surface area (Å²) in [4.78, 5) is 19.1. The van der Waals surface area contributed by atoms with E-state index in [0.29, 0.717) is 18.9 Å². The van der Waals surface area contributed by atoms with E-state index < -0.39 is 14.4 Å². The van der Waals surface area contributed by atoms with Crippen molar-refractivity contribution in [1.82, 2.24) is 0 Å². The van der Waals surface area contributed by atoms with Crippen molar-refractivity contribution in [2.24, 2.45) is 0 Å². The van der Waals surface area contributed by atoms with Gasteiger partial charge in [0.05, 0.1) is 5.60 Å². The molecule has 0 aliphatic carbocycles. The summed E-state index contributed by atoms with van der Waals surface area (Å²) in [5.41, 5.74) is -0.461. The normalized spacial score (nSPS) is 24.1. The fraction of sp³-hybridized carbons (Fsp3) is 0.600. The molecule has 0 spiro atoms. The zero-order valence-corrected chi connectivity index (χ0v) is 9.41. The Labute approximate surface area is 86.1 Å². The van der Waals surface area contributed by atoms with Gasteiger partial charge in [0.2, 0.25) is 0 Å². The topological polar surface area (TPSA) is 49.7 Å². The van der Waals surface area contributed by atoms with Crippen molar-refractivity contribution in [3.05, 3.63) is 25.3 Å². The van der Waals surface area contributed by atoms with Crippen molar-refractivity contribution in [3.63, 3.8) is 0 Å². The van der Waals surface area contributed by atoms with E-state index in [1.54, 1.807) is 12.2 Å². The van der Waals surface area contributed by atoms with Gasteiger partial charge in [0.25, 0.3) is 0 Å². The van der Waals surface area contributed by atoms with Gasteiger partial charge in [-0.05, 0) is 25.7 Å². The maximum atomic E-state index is 9.57. The fourth-order valence-corrected chi connectivity index (χ4v) is 3.69. The van der Waals surface area contributed by atoms with Crippen molar-refractivity contribution >= 4 is 8.80 Å². The third kappa shape index (κ3) is 2.78. The molecule has 0 unspecified atom stereocenters. The van der Waals surface area contributed by atoms with Crippen molar-refractivity contribution in [2.75, 3.05) is 0 Å². The Morgan fingerprint density at radius 1 is 1.29 bits per heavy atom. The molecule has 14 heavy (non-hydrogen) atoms. The lowest BCUT2D eigenvalue weighted by molar-refractivity contribution is -0.0208. The van der Waals surface area contributed by atoms with E-state index in [1.165, 1.54) is 0 Å². The van der Waals surface area contributed by atoms with Crippen LogP contribution >= 0.6 is 0 Å². The largest absolute Gasteiger partial charge is 0.495 e. The smallest absolute Gasteiger partial charge is 0.390 e. The van der Waals surface area contributed by atoms with Gasteiger partial charge in [0, 0.05) is 6.04 Å². The summed E-state index contributed by atoms with van der Waals surface area (Å²) in [6.45, 7) is 7.34. The summed E-state index contributed by atoms with van der Waals surface area (Å²) in [7, 11) is -3.40. The third-order valence-electron chi connectivity index (χ3n) is 2.55. The first-order chi connectivity index (χ1) is 6.54. The van der Waals surface area contributed by atoms with E-state index in [9.17, 15) is 9.59 Å². The molecule has 0 atom stereocenters. The number of hydrogen-bond acceptors (Lipinski definition) is 3. The minimum Gasteiger partial charge on any atom is -0.390 e. The molecule has 1 heterocycles. The average molecular weight is 214 g/mol. The molecule has 1 rings (SSSR count). The van der Waals surface area contributed by atoms with Gasteiger partial charge < -0.3 is 14.0 Å². The van der Waals surface area contributed by atoms with Crippen LogP contribution in [0.5, 0.6) is 0 Å². The zero-order chi connectivity index (χ0) is 10.7. The number of hydrogen-bond donors (Lipinski definition) is 2. The Balaban J connectivity index is 2.75. The van der Waals surface area contributed by atoms with E-state index in [-0.39, 0.29) is 0 Å². The maximum absolute atomic E-state index is 9.57. The van der Waals surface area contributed by atoms with Crippen molar-refractivity contribution in [1.29, 1.82) is 0 Å². The SMILES string of the molecule is C=CCC1(CC=C)CCC[Si](O)(O)O1. The Hall–Kier alpha value is -0.423. The summed E-state index contributed by atoms with van der Waals surface area (Å²) >= 11 is 0. The molecule has 0 amide bonds. The Morgan fingerprint density at radius 2 is 1.86 bits per heavy atom. The Kier molecular flexibility index (Phi) is 3.66. The van der Waals surface area contributed by atoms with Crippen LogP contribution in [0.25, 0.3) is 0 Å². The first-order valence-corrected chi connectivity index (χ1v) is 6.91.